The molecule has 1 atom stereocenters. The fourth-order valence-electron chi connectivity index (χ4n) is 0.606. The molecule has 0 aromatic heterocycles. The lowest BCUT2D eigenvalue weighted by atomic mass is 10.2. The van der Waals surface area contributed by atoms with Crippen molar-refractivity contribution in [1.29, 1.82) is 0 Å². The SMILES string of the molecule is CC(C)(C)OCC(NC=O)C(=O)O. The third kappa shape index (κ3) is 6.10. The highest BCUT2D eigenvalue weighted by Gasteiger charge is 2.20. The Kier molecular flexibility index (Phi) is 4.40. The first-order chi connectivity index (χ1) is 5.87. The predicted octanol–water partition coefficient (Wildman–Crippen LogP) is 0.000700. The molecule has 0 fully saturated rings. The van der Waals surface area contributed by atoms with Crippen molar-refractivity contribution in [3.8, 4) is 0 Å². The molecule has 0 aliphatic heterocycles. The van der Waals surface area contributed by atoms with E-state index in [9.17, 15) is 9.59 Å². The molecule has 0 spiro atoms. The Labute approximate surface area is 77.1 Å². The molecule has 0 aromatic rings. The van der Waals surface area contributed by atoms with E-state index in [1.54, 1.807) is 0 Å². The first-order valence-corrected chi connectivity index (χ1v) is 3.93. The Morgan fingerprint density at radius 3 is 2.46 bits per heavy atom. The van der Waals surface area contributed by atoms with E-state index in [4.69, 9.17) is 9.84 Å². The molecule has 2 N–H and O–H groups in total. The van der Waals surface area contributed by atoms with Crippen molar-refractivity contribution in [2.45, 2.75) is 32.4 Å². The van der Waals surface area contributed by atoms with Gasteiger partial charge in [-0.1, -0.05) is 0 Å². The van der Waals surface area contributed by atoms with Gasteiger partial charge in [0.25, 0.3) is 0 Å². The van der Waals surface area contributed by atoms with E-state index in [0.717, 1.165) is 0 Å². The van der Waals surface area contributed by atoms with Gasteiger partial charge in [-0.15, -0.1) is 0 Å². The highest BCUT2D eigenvalue weighted by Crippen LogP contribution is 2.06. The van der Waals surface area contributed by atoms with Gasteiger partial charge in [-0.3, -0.25) is 4.79 Å². The molecule has 5 heteroatoms. The minimum atomic E-state index is -1.10. The summed E-state index contributed by atoms with van der Waals surface area (Å²) in [5.74, 6) is -1.10. The summed E-state index contributed by atoms with van der Waals surface area (Å²) >= 11 is 0. The van der Waals surface area contributed by atoms with Gasteiger partial charge in [0.05, 0.1) is 12.2 Å². The zero-order valence-electron chi connectivity index (χ0n) is 8.03. The summed E-state index contributed by atoms with van der Waals surface area (Å²) in [5, 5.41) is 10.7. The maximum atomic E-state index is 10.5. The van der Waals surface area contributed by atoms with Gasteiger partial charge in [-0.05, 0) is 20.8 Å². The molecule has 0 heterocycles. The summed E-state index contributed by atoms with van der Waals surface area (Å²) in [6.07, 6.45) is 0.352. The zero-order valence-corrected chi connectivity index (χ0v) is 8.03. The van der Waals surface area contributed by atoms with Crippen LogP contribution in [-0.2, 0) is 14.3 Å². The summed E-state index contributed by atoms with van der Waals surface area (Å²) in [6.45, 7) is 5.41. The number of carboxylic acid groups (broad SMARTS) is 1. The number of ether oxygens (including phenoxy) is 1. The second-order valence-corrected chi connectivity index (χ2v) is 3.60. The van der Waals surface area contributed by atoms with Gasteiger partial charge in [0.2, 0.25) is 6.41 Å². The molecule has 0 bridgehead atoms. The van der Waals surface area contributed by atoms with Crippen molar-refractivity contribution in [2.24, 2.45) is 0 Å². The normalized spacial score (nSPS) is 13.5. The van der Waals surface area contributed by atoms with Crippen molar-refractivity contribution in [2.75, 3.05) is 6.61 Å². The monoisotopic (exact) mass is 189 g/mol. The van der Waals surface area contributed by atoms with E-state index in [1.165, 1.54) is 0 Å². The largest absolute Gasteiger partial charge is 0.480 e. The molecule has 0 aliphatic rings. The number of carbonyl (C=O) groups excluding carboxylic acids is 1. The number of amides is 1. The molecule has 5 nitrogen and oxygen atoms in total. The van der Waals surface area contributed by atoms with Crippen LogP contribution < -0.4 is 5.32 Å². The summed E-state index contributed by atoms with van der Waals surface area (Å²) in [4.78, 5) is 20.5. The summed E-state index contributed by atoms with van der Waals surface area (Å²) in [7, 11) is 0. The predicted molar refractivity (Wildman–Crippen MR) is 46.3 cm³/mol. The fourth-order valence-corrected chi connectivity index (χ4v) is 0.606. The molecular weight excluding hydrogens is 174 g/mol. The van der Waals surface area contributed by atoms with Gasteiger partial charge < -0.3 is 15.2 Å². The van der Waals surface area contributed by atoms with Gasteiger partial charge in [0.1, 0.15) is 6.04 Å². The van der Waals surface area contributed by atoms with Crippen molar-refractivity contribution in [3.05, 3.63) is 0 Å². The van der Waals surface area contributed by atoms with E-state index < -0.39 is 17.6 Å². The van der Waals surface area contributed by atoms with Gasteiger partial charge in [-0.25, -0.2) is 4.79 Å². The number of carbonyl (C=O) groups is 2. The highest BCUT2D eigenvalue weighted by atomic mass is 16.5. The average molecular weight is 189 g/mol. The first-order valence-electron chi connectivity index (χ1n) is 3.93. The van der Waals surface area contributed by atoms with Crippen LogP contribution >= 0.6 is 0 Å². The molecule has 13 heavy (non-hydrogen) atoms. The van der Waals surface area contributed by atoms with Crippen LogP contribution in [0.3, 0.4) is 0 Å². The first kappa shape index (κ1) is 11.9. The molecule has 0 radical (unpaired) electrons. The second-order valence-electron chi connectivity index (χ2n) is 3.60. The van der Waals surface area contributed by atoms with Crippen molar-refractivity contribution >= 4 is 12.4 Å². The van der Waals surface area contributed by atoms with E-state index in [1.807, 2.05) is 20.8 Å². The number of rotatable bonds is 5. The van der Waals surface area contributed by atoms with Crippen LogP contribution in [0, 0.1) is 0 Å². The molecule has 76 valence electrons. The Morgan fingerprint density at radius 1 is 1.62 bits per heavy atom. The lowest BCUT2D eigenvalue weighted by molar-refractivity contribution is -0.144. The fraction of sp³-hybridized carbons (Fsp3) is 0.750. The number of hydrogen-bond donors (Lipinski definition) is 2. The third-order valence-electron chi connectivity index (χ3n) is 1.25. The molecule has 1 amide bonds. The Morgan fingerprint density at radius 2 is 2.15 bits per heavy atom. The minimum Gasteiger partial charge on any atom is -0.480 e. The number of hydrogen-bond acceptors (Lipinski definition) is 3. The van der Waals surface area contributed by atoms with E-state index in [2.05, 4.69) is 5.32 Å². The average Bonchev–Trinajstić information content (AvgIpc) is 1.95. The van der Waals surface area contributed by atoms with Crippen LogP contribution in [0.4, 0.5) is 0 Å². The molecule has 0 aromatic carbocycles. The maximum absolute atomic E-state index is 10.5. The molecular formula is C8H15NO4. The topological polar surface area (TPSA) is 75.6 Å². The van der Waals surface area contributed by atoms with Gasteiger partial charge in [0, 0.05) is 0 Å². The Hall–Kier alpha value is -1.10. The standard InChI is InChI=1S/C8H15NO4/c1-8(2,3)13-4-6(7(11)12)9-5-10/h5-6H,4H2,1-3H3,(H,9,10)(H,11,12). The van der Waals surface area contributed by atoms with Crippen LogP contribution in [-0.4, -0.2) is 35.7 Å². The van der Waals surface area contributed by atoms with Gasteiger partial charge >= 0.3 is 5.97 Å². The van der Waals surface area contributed by atoms with Crippen molar-refractivity contribution in [1.82, 2.24) is 5.32 Å². The summed E-state index contributed by atoms with van der Waals surface area (Å²) in [5.41, 5.74) is -0.404. The lowest BCUT2D eigenvalue weighted by Gasteiger charge is -2.22. The van der Waals surface area contributed by atoms with Crippen LogP contribution in [0.5, 0.6) is 0 Å². The Bertz CT molecular complexity index is 185. The summed E-state index contributed by atoms with van der Waals surface area (Å²) < 4.78 is 5.20. The quantitative estimate of drug-likeness (QED) is 0.597. The Balaban J connectivity index is 3.97. The maximum Gasteiger partial charge on any atom is 0.328 e. The van der Waals surface area contributed by atoms with Gasteiger partial charge in [-0.2, -0.15) is 0 Å². The molecule has 0 aliphatic carbocycles. The lowest BCUT2D eigenvalue weighted by Crippen LogP contribution is -2.41. The number of aliphatic carboxylic acids is 1. The van der Waals surface area contributed by atoms with Crippen LogP contribution in [0.15, 0.2) is 0 Å². The summed E-state index contributed by atoms with van der Waals surface area (Å²) in [6, 6.07) is -0.975. The second kappa shape index (κ2) is 4.81. The number of nitrogens with one attached hydrogen (secondary N) is 1. The molecule has 1 unspecified atom stereocenters. The van der Waals surface area contributed by atoms with Crippen LogP contribution in [0.25, 0.3) is 0 Å². The van der Waals surface area contributed by atoms with Crippen molar-refractivity contribution < 1.29 is 19.4 Å². The number of carboxylic acids is 1. The molecule has 0 saturated carbocycles. The van der Waals surface area contributed by atoms with Crippen LogP contribution in [0.1, 0.15) is 20.8 Å². The molecule has 0 rings (SSSR count). The van der Waals surface area contributed by atoms with Crippen LogP contribution in [0.2, 0.25) is 0 Å². The van der Waals surface area contributed by atoms with E-state index in [-0.39, 0.29) is 6.61 Å². The smallest absolute Gasteiger partial charge is 0.328 e. The highest BCUT2D eigenvalue weighted by molar-refractivity contribution is 5.76. The third-order valence-corrected chi connectivity index (χ3v) is 1.25. The van der Waals surface area contributed by atoms with Crippen molar-refractivity contribution in [3.63, 3.8) is 0 Å². The van der Waals surface area contributed by atoms with Gasteiger partial charge in [0.15, 0.2) is 0 Å². The van der Waals surface area contributed by atoms with E-state index >= 15 is 0 Å². The molecule has 0 saturated heterocycles. The minimum absolute atomic E-state index is 0.0302. The van der Waals surface area contributed by atoms with E-state index in [0.29, 0.717) is 6.41 Å². The zero-order chi connectivity index (χ0) is 10.5.